The van der Waals surface area contributed by atoms with Gasteiger partial charge in [0.15, 0.2) is 0 Å². The first-order chi connectivity index (χ1) is 16.7. The number of carbonyl (C=O) groups is 2. The summed E-state index contributed by atoms with van der Waals surface area (Å²) < 4.78 is 16.7. The second-order valence-corrected chi connectivity index (χ2v) is 8.47. The third kappa shape index (κ3) is 5.54. The Morgan fingerprint density at radius 2 is 1.80 bits per heavy atom. The number of aryl methyl sites for hydroxylation is 1. The van der Waals surface area contributed by atoms with Crippen molar-refractivity contribution in [1.82, 2.24) is 14.5 Å². The molecule has 1 atom stereocenters. The number of rotatable bonds is 9. The lowest BCUT2D eigenvalue weighted by Crippen LogP contribution is -2.39. The van der Waals surface area contributed by atoms with Crippen LogP contribution >= 0.6 is 0 Å². The van der Waals surface area contributed by atoms with E-state index >= 15 is 0 Å². The Kier molecular flexibility index (Phi) is 7.97. The fourth-order valence-electron chi connectivity index (χ4n) is 4.06. The van der Waals surface area contributed by atoms with Gasteiger partial charge in [-0.1, -0.05) is 13.0 Å². The highest BCUT2D eigenvalue weighted by atomic mass is 19.1. The van der Waals surface area contributed by atoms with Crippen LogP contribution in [0.5, 0.6) is 0 Å². The van der Waals surface area contributed by atoms with Gasteiger partial charge < -0.3 is 5.32 Å². The van der Waals surface area contributed by atoms with E-state index in [1.165, 1.54) is 21.3 Å². The molecule has 1 heterocycles. The van der Waals surface area contributed by atoms with Gasteiger partial charge in [0.2, 0.25) is 0 Å². The SMILES string of the molecule is CCn1c(=O)c2cc(CC(=O)CC(C)CNC(=O)c3ccc(C#N)cc3F)ccc2n(CC)c1=O. The number of ketones is 1. The van der Waals surface area contributed by atoms with E-state index in [0.29, 0.717) is 23.0 Å². The summed E-state index contributed by atoms with van der Waals surface area (Å²) in [5.41, 5.74) is 0.430. The highest BCUT2D eigenvalue weighted by molar-refractivity contribution is 5.94. The Morgan fingerprint density at radius 3 is 2.43 bits per heavy atom. The first-order valence-corrected chi connectivity index (χ1v) is 11.5. The minimum Gasteiger partial charge on any atom is -0.352 e. The summed E-state index contributed by atoms with van der Waals surface area (Å²) in [6.07, 6.45) is 0.289. The van der Waals surface area contributed by atoms with Crippen LogP contribution in [-0.4, -0.2) is 27.4 Å². The van der Waals surface area contributed by atoms with Crippen molar-refractivity contribution < 1.29 is 14.0 Å². The monoisotopic (exact) mass is 478 g/mol. The zero-order valence-corrected chi connectivity index (χ0v) is 19.9. The van der Waals surface area contributed by atoms with Crippen molar-refractivity contribution in [3.8, 4) is 6.07 Å². The summed E-state index contributed by atoms with van der Waals surface area (Å²) in [4.78, 5) is 50.2. The molecule has 0 radical (unpaired) electrons. The van der Waals surface area contributed by atoms with Crippen molar-refractivity contribution in [1.29, 1.82) is 5.26 Å². The summed E-state index contributed by atoms with van der Waals surface area (Å²) in [7, 11) is 0. The molecule has 1 N–H and O–H groups in total. The highest BCUT2D eigenvalue weighted by Crippen LogP contribution is 2.15. The van der Waals surface area contributed by atoms with Gasteiger partial charge in [-0.25, -0.2) is 9.18 Å². The number of halogens is 1. The Labute approximate surface area is 201 Å². The smallest absolute Gasteiger partial charge is 0.331 e. The zero-order valence-electron chi connectivity index (χ0n) is 19.9. The van der Waals surface area contributed by atoms with Crippen LogP contribution in [0.25, 0.3) is 10.9 Å². The molecule has 3 aromatic rings. The molecule has 35 heavy (non-hydrogen) atoms. The molecule has 2 aromatic carbocycles. The predicted octanol–water partition coefficient (Wildman–Crippen LogP) is 2.78. The van der Waals surface area contributed by atoms with E-state index < -0.39 is 11.7 Å². The second-order valence-electron chi connectivity index (χ2n) is 8.47. The lowest BCUT2D eigenvalue weighted by molar-refractivity contribution is -0.119. The van der Waals surface area contributed by atoms with Crippen molar-refractivity contribution in [2.24, 2.45) is 5.92 Å². The first kappa shape index (κ1) is 25.6. The average molecular weight is 479 g/mol. The van der Waals surface area contributed by atoms with E-state index in [9.17, 15) is 23.6 Å². The fourth-order valence-corrected chi connectivity index (χ4v) is 4.06. The maximum Gasteiger partial charge on any atom is 0.331 e. The molecular formula is C26H27FN4O4. The molecule has 0 bridgehead atoms. The van der Waals surface area contributed by atoms with Crippen molar-refractivity contribution in [2.45, 2.75) is 46.7 Å². The number of nitriles is 1. The molecule has 0 spiro atoms. The standard InChI is InChI=1S/C26H27FN4O4/c1-4-30-23-9-7-17(12-21(23)25(34)31(5-2)26(30)35)11-19(32)10-16(3)15-29-24(33)20-8-6-18(14-28)13-22(20)27/h6-9,12-13,16H,4-5,10-11,15H2,1-3H3,(H,29,33). The minimum atomic E-state index is -0.780. The van der Waals surface area contributed by atoms with Crippen molar-refractivity contribution in [3.05, 3.63) is 79.7 Å². The Bertz CT molecular complexity index is 1450. The van der Waals surface area contributed by atoms with Gasteiger partial charge in [0, 0.05) is 32.5 Å². The normalized spacial score (nSPS) is 11.7. The van der Waals surface area contributed by atoms with E-state index in [1.54, 1.807) is 32.0 Å². The number of hydrogen-bond acceptors (Lipinski definition) is 5. The van der Waals surface area contributed by atoms with Gasteiger partial charge >= 0.3 is 5.69 Å². The largest absolute Gasteiger partial charge is 0.352 e. The van der Waals surface area contributed by atoms with Crippen molar-refractivity contribution >= 4 is 22.6 Å². The van der Waals surface area contributed by atoms with Gasteiger partial charge in [-0.05, 0) is 55.7 Å². The Hall–Kier alpha value is -4.06. The summed E-state index contributed by atoms with van der Waals surface area (Å²) >= 11 is 0. The number of benzene rings is 2. The van der Waals surface area contributed by atoms with Crippen LogP contribution in [0.3, 0.4) is 0 Å². The lowest BCUT2D eigenvalue weighted by atomic mass is 9.98. The fraction of sp³-hybridized carbons (Fsp3) is 0.346. The summed E-state index contributed by atoms with van der Waals surface area (Å²) in [5.74, 6) is -1.67. The zero-order chi connectivity index (χ0) is 25.7. The average Bonchev–Trinajstić information content (AvgIpc) is 2.83. The second kappa shape index (κ2) is 10.9. The maximum atomic E-state index is 14.0. The Morgan fingerprint density at radius 1 is 1.09 bits per heavy atom. The van der Waals surface area contributed by atoms with E-state index in [-0.39, 0.29) is 60.0 Å². The number of Topliss-reactive ketones (excluding diaryl/α,β-unsaturated/α-hetero) is 1. The van der Waals surface area contributed by atoms with Gasteiger partial charge in [0.05, 0.1) is 28.1 Å². The number of nitrogens with zero attached hydrogens (tertiary/aromatic N) is 3. The maximum absolute atomic E-state index is 14.0. The van der Waals surface area contributed by atoms with Crippen LogP contribution in [0.15, 0.2) is 46.0 Å². The van der Waals surface area contributed by atoms with Gasteiger partial charge in [0.25, 0.3) is 11.5 Å². The van der Waals surface area contributed by atoms with Crippen molar-refractivity contribution in [2.75, 3.05) is 6.54 Å². The van der Waals surface area contributed by atoms with Crippen LogP contribution in [0.1, 0.15) is 48.7 Å². The molecule has 0 aliphatic rings. The summed E-state index contributed by atoms with van der Waals surface area (Å²) in [6, 6.07) is 10.5. The van der Waals surface area contributed by atoms with E-state index in [4.69, 9.17) is 5.26 Å². The number of amides is 1. The third-order valence-corrected chi connectivity index (χ3v) is 5.85. The molecule has 0 aliphatic carbocycles. The topological polar surface area (TPSA) is 114 Å². The van der Waals surface area contributed by atoms with Crippen LogP contribution in [0.2, 0.25) is 0 Å². The molecule has 1 unspecified atom stereocenters. The Balaban J connectivity index is 1.66. The number of fused-ring (bicyclic) bond motifs is 1. The van der Waals surface area contributed by atoms with Gasteiger partial charge in [-0.15, -0.1) is 0 Å². The van der Waals surface area contributed by atoms with Crippen LogP contribution in [0, 0.1) is 23.1 Å². The van der Waals surface area contributed by atoms with Gasteiger partial charge in [-0.2, -0.15) is 5.26 Å². The molecule has 1 aromatic heterocycles. The van der Waals surface area contributed by atoms with Crippen molar-refractivity contribution in [3.63, 3.8) is 0 Å². The number of hydrogen-bond donors (Lipinski definition) is 1. The summed E-state index contributed by atoms with van der Waals surface area (Å²) in [5, 5.41) is 11.8. The number of carbonyl (C=O) groups excluding carboxylic acids is 2. The lowest BCUT2D eigenvalue weighted by Gasteiger charge is -2.14. The molecule has 8 nitrogen and oxygen atoms in total. The van der Waals surface area contributed by atoms with Crippen LogP contribution < -0.4 is 16.6 Å². The molecule has 0 saturated carbocycles. The molecule has 9 heteroatoms. The molecular weight excluding hydrogens is 451 g/mol. The highest BCUT2D eigenvalue weighted by Gasteiger charge is 2.16. The quantitative estimate of drug-likeness (QED) is 0.508. The molecule has 0 fully saturated rings. The van der Waals surface area contributed by atoms with Crippen LogP contribution in [-0.2, 0) is 24.3 Å². The minimum absolute atomic E-state index is 0.0738. The molecule has 182 valence electrons. The van der Waals surface area contributed by atoms with E-state index in [2.05, 4.69) is 5.32 Å². The summed E-state index contributed by atoms with van der Waals surface area (Å²) in [6.45, 7) is 6.21. The molecule has 0 saturated heterocycles. The van der Waals surface area contributed by atoms with Gasteiger partial charge in [-0.3, -0.25) is 23.5 Å². The molecule has 0 aliphatic heterocycles. The van der Waals surface area contributed by atoms with E-state index in [1.807, 2.05) is 13.0 Å². The van der Waals surface area contributed by atoms with Gasteiger partial charge in [0.1, 0.15) is 11.6 Å². The third-order valence-electron chi connectivity index (χ3n) is 5.85. The predicted molar refractivity (Wildman–Crippen MR) is 130 cm³/mol. The molecule has 1 amide bonds. The molecule has 3 rings (SSSR count). The van der Waals surface area contributed by atoms with Crippen LogP contribution in [0.4, 0.5) is 4.39 Å². The number of aromatic nitrogens is 2. The van der Waals surface area contributed by atoms with E-state index in [0.717, 1.165) is 6.07 Å². The number of nitrogens with one attached hydrogen (secondary N) is 1. The first-order valence-electron chi connectivity index (χ1n) is 11.5.